The van der Waals surface area contributed by atoms with Crippen LogP contribution in [0.2, 0.25) is 10.0 Å². The number of rotatable bonds is 10. The van der Waals surface area contributed by atoms with Crippen molar-refractivity contribution in [2.45, 2.75) is 32.7 Å². The molecular weight excluding hydrogens is 483 g/mol. The van der Waals surface area contributed by atoms with Crippen LogP contribution in [0.1, 0.15) is 26.7 Å². The van der Waals surface area contributed by atoms with Gasteiger partial charge in [-0.15, -0.1) is 10.2 Å². The average molecular weight is 507 g/mol. The summed E-state index contributed by atoms with van der Waals surface area (Å²) in [5.41, 5.74) is 0.828. The molecule has 1 heterocycles. The van der Waals surface area contributed by atoms with Crippen LogP contribution in [0.15, 0.2) is 48.5 Å². The third-order valence-corrected chi connectivity index (χ3v) is 6.32. The zero-order chi connectivity index (χ0) is 23.8. The quantitative estimate of drug-likeness (QED) is 0.389. The van der Waals surface area contributed by atoms with Gasteiger partial charge in [-0.05, 0) is 49.7 Å². The molecule has 3 rings (SSSR count). The summed E-state index contributed by atoms with van der Waals surface area (Å²) < 4.78 is 5.58. The van der Waals surface area contributed by atoms with E-state index < -0.39 is 0 Å². The number of amides is 2. The summed E-state index contributed by atoms with van der Waals surface area (Å²) in [5.74, 6) is 0.121. The molecule has 1 aromatic heterocycles. The van der Waals surface area contributed by atoms with Gasteiger partial charge in [0.2, 0.25) is 11.0 Å². The van der Waals surface area contributed by atoms with Crippen molar-refractivity contribution in [2.24, 2.45) is 0 Å². The Bertz CT molecular complexity index is 1090. The Morgan fingerprint density at radius 2 is 1.88 bits per heavy atom. The lowest BCUT2D eigenvalue weighted by Crippen LogP contribution is -2.42. The third kappa shape index (κ3) is 7.42. The minimum atomic E-state index is -0.247. The summed E-state index contributed by atoms with van der Waals surface area (Å²) in [6.07, 6.45) is 0.886. The Morgan fingerprint density at radius 3 is 2.58 bits per heavy atom. The van der Waals surface area contributed by atoms with Gasteiger partial charge in [0.15, 0.2) is 6.61 Å². The van der Waals surface area contributed by atoms with Crippen LogP contribution in [0.5, 0.6) is 5.75 Å². The summed E-state index contributed by atoms with van der Waals surface area (Å²) >= 11 is 13.2. The fourth-order valence-corrected chi connectivity index (χ4v) is 4.06. The number of aromatic nitrogens is 2. The molecule has 1 atom stereocenters. The van der Waals surface area contributed by atoms with Crippen molar-refractivity contribution >= 4 is 51.5 Å². The summed E-state index contributed by atoms with van der Waals surface area (Å²) in [6, 6.07) is 14.0. The molecule has 1 unspecified atom stereocenters. The molecule has 174 valence electrons. The molecule has 33 heavy (non-hydrogen) atoms. The monoisotopic (exact) mass is 506 g/mol. The lowest BCUT2D eigenvalue weighted by Gasteiger charge is -2.28. The van der Waals surface area contributed by atoms with Gasteiger partial charge in [-0.2, -0.15) is 0 Å². The molecule has 2 amide bonds. The summed E-state index contributed by atoms with van der Waals surface area (Å²) in [7, 11) is 0. The normalized spacial score (nSPS) is 11.6. The van der Waals surface area contributed by atoms with Crippen LogP contribution in [-0.4, -0.2) is 46.1 Å². The van der Waals surface area contributed by atoms with E-state index in [1.54, 1.807) is 41.3 Å². The molecule has 0 radical (unpaired) electrons. The molecule has 7 nitrogen and oxygen atoms in total. The highest BCUT2D eigenvalue weighted by molar-refractivity contribution is 7.18. The van der Waals surface area contributed by atoms with Crippen LogP contribution in [0.4, 0.5) is 5.13 Å². The molecule has 10 heteroatoms. The van der Waals surface area contributed by atoms with Gasteiger partial charge in [0.05, 0.1) is 0 Å². The highest BCUT2D eigenvalue weighted by Gasteiger charge is 2.21. The summed E-state index contributed by atoms with van der Waals surface area (Å²) in [5, 5.41) is 13.1. The van der Waals surface area contributed by atoms with E-state index in [0.717, 1.165) is 12.0 Å². The Hall–Kier alpha value is -2.68. The summed E-state index contributed by atoms with van der Waals surface area (Å²) in [4.78, 5) is 26.9. The Morgan fingerprint density at radius 1 is 1.12 bits per heavy atom. The maximum atomic E-state index is 12.8. The molecule has 3 aromatic rings. The van der Waals surface area contributed by atoms with Gasteiger partial charge in [0.1, 0.15) is 10.8 Å². The van der Waals surface area contributed by atoms with E-state index >= 15 is 0 Å². The van der Waals surface area contributed by atoms with Gasteiger partial charge >= 0.3 is 0 Å². The van der Waals surface area contributed by atoms with E-state index in [2.05, 4.69) is 15.5 Å². The molecule has 0 aliphatic heterocycles. The highest BCUT2D eigenvalue weighted by atomic mass is 35.5. The van der Waals surface area contributed by atoms with Gasteiger partial charge < -0.3 is 15.0 Å². The van der Waals surface area contributed by atoms with Crippen LogP contribution >= 0.6 is 34.5 Å². The van der Waals surface area contributed by atoms with Crippen molar-refractivity contribution in [3.63, 3.8) is 0 Å². The smallest absolute Gasteiger partial charge is 0.260 e. The maximum Gasteiger partial charge on any atom is 0.260 e. The van der Waals surface area contributed by atoms with E-state index in [1.165, 1.54) is 11.3 Å². The van der Waals surface area contributed by atoms with Crippen molar-refractivity contribution in [3.05, 3.63) is 58.6 Å². The number of carbonyl (C=O) groups excluding carboxylic acids is 2. The number of halogens is 2. The molecule has 0 saturated heterocycles. The van der Waals surface area contributed by atoms with Gasteiger partial charge in [-0.25, -0.2) is 0 Å². The van der Waals surface area contributed by atoms with Crippen LogP contribution in [-0.2, 0) is 9.59 Å². The Kier molecular flexibility index (Phi) is 9.05. The van der Waals surface area contributed by atoms with Gasteiger partial charge in [0, 0.05) is 34.6 Å². The topological polar surface area (TPSA) is 84.4 Å². The lowest BCUT2D eigenvalue weighted by atomic mass is 10.2. The molecular formula is C23H24Cl2N4O3S. The van der Waals surface area contributed by atoms with Crippen LogP contribution in [0.3, 0.4) is 0 Å². The number of nitrogens with zero attached hydrogens (tertiary/aromatic N) is 3. The number of nitrogens with one attached hydrogen (secondary N) is 1. The van der Waals surface area contributed by atoms with Gasteiger partial charge in [-0.1, -0.05) is 53.6 Å². The SMILES string of the molecule is CCC(C)N(CCC(=O)Nc1nnc(-c2cccc(Cl)c2)s1)C(=O)COc1ccc(Cl)cc1. The first kappa shape index (κ1) is 25.0. The maximum absolute atomic E-state index is 12.8. The first-order chi connectivity index (χ1) is 15.9. The van der Waals surface area contributed by atoms with Gasteiger partial charge in [0.25, 0.3) is 5.91 Å². The lowest BCUT2D eigenvalue weighted by molar-refractivity contribution is -0.135. The number of benzene rings is 2. The van der Waals surface area contributed by atoms with E-state index in [-0.39, 0.29) is 37.4 Å². The molecule has 1 N–H and O–H groups in total. The first-order valence-corrected chi connectivity index (χ1v) is 12.0. The van der Waals surface area contributed by atoms with Crippen molar-refractivity contribution < 1.29 is 14.3 Å². The second kappa shape index (κ2) is 12.0. The minimum Gasteiger partial charge on any atom is -0.484 e. The standard InChI is InChI=1S/C23H24Cl2N4O3S/c1-3-15(2)29(21(31)14-32-19-9-7-17(24)8-10-19)12-11-20(30)26-23-28-27-22(33-23)16-5-4-6-18(25)13-16/h4-10,13,15H,3,11-12,14H2,1-2H3,(H,26,28,30). The van der Waals surface area contributed by atoms with E-state index in [9.17, 15) is 9.59 Å². The number of hydrogen-bond acceptors (Lipinski definition) is 6. The number of ether oxygens (including phenoxy) is 1. The molecule has 0 saturated carbocycles. The van der Waals surface area contributed by atoms with Crippen LogP contribution in [0, 0.1) is 0 Å². The van der Waals surface area contributed by atoms with E-state index in [0.29, 0.717) is 25.9 Å². The predicted molar refractivity (Wildman–Crippen MR) is 132 cm³/mol. The second-order valence-corrected chi connectivity index (χ2v) is 9.16. The molecule has 0 aliphatic rings. The third-order valence-electron chi connectivity index (χ3n) is 4.94. The van der Waals surface area contributed by atoms with Crippen molar-refractivity contribution in [2.75, 3.05) is 18.5 Å². The Balaban J connectivity index is 1.54. The largest absolute Gasteiger partial charge is 0.484 e. The van der Waals surface area contributed by atoms with Crippen molar-refractivity contribution in [3.8, 4) is 16.3 Å². The molecule has 0 fully saturated rings. The Labute approximate surface area is 206 Å². The number of hydrogen-bond donors (Lipinski definition) is 1. The fraction of sp³-hybridized carbons (Fsp3) is 0.304. The second-order valence-electron chi connectivity index (χ2n) is 7.31. The van der Waals surface area contributed by atoms with Crippen LogP contribution in [0.25, 0.3) is 10.6 Å². The zero-order valence-corrected chi connectivity index (χ0v) is 20.6. The molecule has 0 spiro atoms. The van der Waals surface area contributed by atoms with Gasteiger partial charge in [-0.3, -0.25) is 9.59 Å². The average Bonchev–Trinajstić information content (AvgIpc) is 3.27. The highest BCUT2D eigenvalue weighted by Crippen LogP contribution is 2.28. The molecule has 2 aromatic carbocycles. The number of anilines is 1. The molecule has 0 aliphatic carbocycles. The first-order valence-electron chi connectivity index (χ1n) is 10.4. The zero-order valence-electron chi connectivity index (χ0n) is 18.3. The predicted octanol–water partition coefficient (Wildman–Crippen LogP) is 5.55. The van der Waals surface area contributed by atoms with Crippen molar-refractivity contribution in [1.82, 2.24) is 15.1 Å². The fourth-order valence-electron chi connectivity index (χ4n) is 2.99. The van der Waals surface area contributed by atoms with E-state index in [4.69, 9.17) is 27.9 Å². The van der Waals surface area contributed by atoms with Crippen molar-refractivity contribution in [1.29, 1.82) is 0 Å². The number of carbonyl (C=O) groups is 2. The minimum absolute atomic E-state index is 0.0323. The molecule has 0 bridgehead atoms. The van der Waals surface area contributed by atoms with E-state index in [1.807, 2.05) is 26.0 Å². The van der Waals surface area contributed by atoms with Crippen LogP contribution < -0.4 is 10.1 Å². The summed E-state index contributed by atoms with van der Waals surface area (Å²) in [6.45, 7) is 4.08.